The molecule has 2 heteroatoms. The van der Waals surface area contributed by atoms with Crippen LogP contribution in [0.4, 0.5) is 0 Å². The summed E-state index contributed by atoms with van der Waals surface area (Å²) < 4.78 is 5.09. The third kappa shape index (κ3) is 1.96. The van der Waals surface area contributed by atoms with Crippen LogP contribution in [0.1, 0.15) is 13.3 Å². The highest BCUT2D eigenvalue weighted by Crippen LogP contribution is 2.15. The second-order valence-corrected chi connectivity index (χ2v) is 3.00. The van der Waals surface area contributed by atoms with E-state index in [1.54, 1.807) is 7.11 Å². The lowest BCUT2D eigenvalue weighted by molar-refractivity contribution is 0.154. The summed E-state index contributed by atoms with van der Waals surface area (Å²) >= 11 is 0. The molecular formula is C8H17NO. The molecule has 0 saturated carbocycles. The van der Waals surface area contributed by atoms with Crippen molar-refractivity contribution in [1.82, 2.24) is 4.90 Å². The van der Waals surface area contributed by atoms with E-state index in [9.17, 15) is 0 Å². The monoisotopic (exact) mass is 143 g/mol. The number of hydrogen-bond donors (Lipinski definition) is 0. The van der Waals surface area contributed by atoms with Gasteiger partial charge in [-0.2, -0.15) is 0 Å². The Bertz CT molecular complexity index is 95.3. The van der Waals surface area contributed by atoms with Crippen LogP contribution in [-0.2, 0) is 4.74 Å². The van der Waals surface area contributed by atoms with Gasteiger partial charge in [0.2, 0.25) is 0 Å². The Balaban J connectivity index is 2.15. The van der Waals surface area contributed by atoms with Gasteiger partial charge in [-0.05, 0) is 25.4 Å². The van der Waals surface area contributed by atoms with Crippen LogP contribution >= 0.6 is 0 Å². The molecule has 0 aliphatic carbocycles. The second-order valence-electron chi connectivity index (χ2n) is 3.00. The first-order chi connectivity index (χ1) is 4.86. The van der Waals surface area contributed by atoms with Crippen molar-refractivity contribution in [3.05, 3.63) is 0 Å². The van der Waals surface area contributed by atoms with E-state index in [0.29, 0.717) is 0 Å². The van der Waals surface area contributed by atoms with Crippen LogP contribution in [0.5, 0.6) is 0 Å². The molecule has 1 aliphatic heterocycles. The van der Waals surface area contributed by atoms with Crippen molar-refractivity contribution in [1.29, 1.82) is 0 Å². The molecule has 1 rings (SSSR count). The number of likely N-dealkylation sites (tertiary alicyclic amines) is 1. The molecule has 0 N–H and O–H groups in total. The smallest absolute Gasteiger partial charge is 0.0503 e. The predicted molar refractivity (Wildman–Crippen MR) is 42.1 cm³/mol. The largest absolute Gasteiger partial charge is 0.384 e. The van der Waals surface area contributed by atoms with Gasteiger partial charge in [0.15, 0.2) is 0 Å². The normalized spacial score (nSPS) is 27.6. The fraction of sp³-hybridized carbons (Fsp3) is 1.00. The SMILES string of the molecule is CCN1CC[C@H](COC)C1. The number of hydrogen-bond acceptors (Lipinski definition) is 2. The van der Waals surface area contributed by atoms with Crippen molar-refractivity contribution in [3.8, 4) is 0 Å². The van der Waals surface area contributed by atoms with Gasteiger partial charge in [-0.15, -0.1) is 0 Å². The highest BCUT2D eigenvalue weighted by molar-refractivity contribution is 4.73. The van der Waals surface area contributed by atoms with Crippen molar-refractivity contribution in [3.63, 3.8) is 0 Å². The van der Waals surface area contributed by atoms with Crippen molar-refractivity contribution in [2.24, 2.45) is 5.92 Å². The molecule has 0 aromatic carbocycles. The van der Waals surface area contributed by atoms with Crippen molar-refractivity contribution in [2.75, 3.05) is 33.4 Å². The first-order valence-corrected chi connectivity index (χ1v) is 4.08. The summed E-state index contributed by atoms with van der Waals surface area (Å²) in [6.45, 7) is 6.86. The van der Waals surface area contributed by atoms with E-state index in [4.69, 9.17) is 4.74 Å². The Labute approximate surface area is 63.2 Å². The van der Waals surface area contributed by atoms with Gasteiger partial charge in [-0.25, -0.2) is 0 Å². The van der Waals surface area contributed by atoms with Crippen LogP contribution in [0.25, 0.3) is 0 Å². The van der Waals surface area contributed by atoms with Gasteiger partial charge in [0.05, 0.1) is 6.61 Å². The molecule has 1 fully saturated rings. The van der Waals surface area contributed by atoms with Gasteiger partial charge in [-0.3, -0.25) is 0 Å². The van der Waals surface area contributed by atoms with E-state index in [1.807, 2.05) is 0 Å². The molecule has 0 amide bonds. The fourth-order valence-corrected chi connectivity index (χ4v) is 1.57. The summed E-state index contributed by atoms with van der Waals surface area (Å²) in [4.78, 5) is 2.48. The van der Waals surface area contributed by atoms with Gasteiger partial charge in [0, 0.05) is 13.7 Å². The molecule has 60 valence electrons. The molecule has 0 unspecified atom stereocenters. The zero-order chi connectivity index (χ0) is 7.40. The Morgan fingerprint density at radius 1 is 1.60 bits per heavy atom. The van der Waals surface area contributed by atoms with Gasteiger partial charge >= 0.3 is 0 Å². The summed E-state index contributed by atoms with van der Waals surface area (Å²) in [5.41, 5.74) is 0. The summed E-state index contributed by atoms with van der Waals surface area (Å²) in [6, 6.07) is 0. The average molecular weight is 143 g/mol. The predicted octanol–water partition coefficient (Wildman–Crippen LogP) is 0.975. The first kappa shape index (κ1) is 8.02. The third-order valence-corrected chi connectivity index (χ3v) is 2.22. The van der Waals surface area contributed by atoms with Crippen LogP contribution in [0.15, 0.2) is 0 Å². The molecule has 1 saturated heterocycles. The zero-order valence-electron chi connectivity index (χ0n) is 6.97. The highest BCUT2D eigenvalue weighted by Gasteiger charge is 2.20. The van der Waals surface area contributed by atoms with E-state index >= 15 is 0 Å². The van der Waals surface area contributed by atoms with Crippen LogP contribution in [0.3, 0.4) is 0 Å². The van der Waals surface area contributed by atoms with E-state index in [-0.39, 0.29) is 0 Å². The van der Waals surface area contributed by atoms with Crippen LogP contribution in [-0.4, -0.2) is 38.3 Å². The molecule has 0 bridgehead atoms. The standard InChI is InChI=1S/C8H17NO/c1-3-9-5-4-8(6-9)7-10-2/h8H,3-7H2,1-2H3/t8-/m0/s1. The number of rotatable bonds is 3. The van der Waals surface area contributed by atoms with Gasteiger partial charge < -0.3 is 9.64 Å². The van der Waals surface area contributed by atoms with Crippen molar-refractivity contribution >= 4 is 0 Å². The minimum atomic E-state index is 0.796. The molecule has 1 heterocycles. The van der Waals surface area contributed by atoms with Gasteiger partial charge in [-0.1, -0.05) is 6.92 Å². The minimum Gasteiger partial charge on any atom is -0.384 e. The molecule has 0 aromatic rings. The van der Waals surface area contributed by atoms with E-state index < -0.39 is 0 Å². The maximum Gasteiger partial charge on any atom is 0.0503 e. The van der Waals surface area contributed by atoms with Gasteiger partial charge in [0.25, 0.3) is 0 Å². The molecule has 0 aromatic heterocycles. The topological polar surface area (TPSA) is 12.5 Å². The van der Waals surface area contributed by atoms with Crippen molar-refractivity contribution in [2.45, 2.75) is 13.3 Å². The lowest BCUT2D eigenvalue weighted by Crippen LogP contribution is -2.20. The van der Waals surface area contributed by atoms with E-state index in [2.05, 4.69) is 11.8 Å². The zero-order valence-corrected chi connectivity index (χ0v) is 6.97. The number of methoxy groups -OCH3 is 1. The quantitative estimate of drug-likeness (QED) is 0.584. The van der Waals surface area contributed by atoms with Crippen LogP contribution in [0, 0.1) is 5.92 Å². The van der Waals surface area contributed by atoms with Gasteiger partial charge in [0.1, 0.15) is 0 Å². The molecule has 2 nitrogen and oxygen atoms in total. The second kappa shape index (κ2) is 3.94. The average Bonchev–Trinajstić information content (AvgIpc) is 2.37. The molecular weight excluding hydrogens is 126 g/mol. The number of nitrogens with zero attached hydrogens (tertiary/aromatic N) is 1. The Morgan fingerprint density at radius 3 is 2.90 bits per heavy atom. The van der Waals surface area contributed by atoms with Crippen LogP contribution < -0.4 is 0 Å². The highest BCUT2D eigenvalue weighted by atomic mass is 16.5. The maximum atomic E-state index is 5.09. The first-order valence-electron chi connectivity index (χ1n) is 4.08. The van der Waals surface area contributed by atoms with E-state index in [0.717, 1.165) is 12.5 Å². The summed E-state index contributed by atoms with van der Waals surface area (Å²) in [7, 11) is 1.79. The summed E-state index contributed by atoms with van der Waals surface area (Å²) in [5, 5.41) is 0. The number of ether oxygens (including phenoxy) is 1. The Hall–Kier alpha value is -0.0800. The molecule has 0 spiro atoms. The fourth-order valence-electron chi connectivity index (χ4n) is 1.57. The maximum absolute atomic E-state index is 5.09. The van der Waals surface area contributed by atoms with Crippen molar-refractivity contribution < 1.29 is 4.74 Å². The molecule has 0 radical (unpaired) electrons. The van der Waals surface area contributed by atoms with E-state index in [1.165, 1.54) is 26.1 Å². The third-order valence-electron chi connectivity index (χ3n) is 2.22. The summed E-state index contributed by atoms with van der Waals surface area (Å²) in [5.74, 6) is 0.796. The van der Waals surface area contributed by atoms with Crippen LogP contribution in [0.2, 0.25) is 0 Å². The Morgan fingerprint density at radius 2 is 2.40 bits per heavy atom. The lowest BCUT2D eigenvalue weighted by atomic mass is 10.1. The molecule has 1 atom stereocenters. The minimum absolute atomic E-state index is 0.796. The Kier molecular flexibility index (Phi) is 3.16. The summed E-state index contributed by atoms with van der Waals surface area (Å²) in [6.07, 6.45) is 1.32. The lowest BCUT2D eigenvalue weighted by Gasteiger charge is -2.11. The molecule has 10 heavy (non-hydrogen) atoms. The molecule has 1 aliphatic rings.